The molecule has 1 rings (SSSR count). The SMILES string of the molecule is O=C1CCCCCCCCCCCCCC/C=C\CC/C=C/CCO1. The molecule has 0 radical (unpaired) electrons. The van der Waals surface area contributed by atoms with Gasteiger partial charge in [-0.15, -0.1) is 0 Å². The Hall–Kier alpha value is -1.05. The van der Waals surface area contributed by atoms with Crippen molar-refractivity contribution in [3.8, 4) is 0 Å². The van der Waals surface area contributed by atoms with Crippen molar-refractivity contribution >= 4 is 5.97 Å². The van der Waals surface area contributed by atoms with E-state index < -0.39 is 0 Å². The second-order valence-corrected chi connectivity index (χ2v) is 7.31. The van der Waals surface area contributed by atoms with Gasteiger partial charge in [0.05, 0.1) is 6.61 Å². The zero-order valence-electron chi connectivity index (χ0n) is 16.4. The smallest absolute Gasteiger partial charge is 0.305 e. The highest BCUT2D eigenvalue weighted by atomic mass is 16.5. The van der Waals surface area contributed by atoms with Gasteiger partial charge in [0.15, 0.2) is 0 Å². The van der Waals surface area contributed by atoms with Gasteiger partial charge in [-0.3, -0.25) is 4.79 Å². The average molecular weight is 349 g/mol. The Balaban J connectivity index is 2.17. The normalized spacial score (nSPS) is 24.6. The summed E-state index contributed by atoms with van der Waals surface area (Å²) in [5.74, 6) is -0.0224. The van der Waals surface area contributed by atoms with Gasteiger partial charge in [-0.2, -0.15) is 0 Å². The molecule has 0 saturated carbocycles. The van der Waals surface area contributed by atoms with Crippen molar-refractivity contribution in [1.82, 2.24) is 0 Å². The van der Waals surface area contributed by atoms with Gasteiger partial charge < -0.3 is 4.74 Å². The molecule has 0 unspecified atom stereocenters. The van der Waals surface area contributed by atoms with Crippen LogP contribution in [-0.4, -0.2) is 12.6 Å². The Kier molecular flexibility index (Phi) is 15.6. The Bertz CT molecular complexity index is 357. The molecule has 0 amide bonds. The van der Waals surface area contributed by atoms with E-state index in [0.717, 1.165) is 25.7 Å². The molecule has 1 aliphatic rings. The zero-order chi connectivity index (χ0) is 17.8. The van der Waals surface area contributed by atoms with Gasteiger partial charge >= 0.3 is 5.97 Å². The summed E-state index contributed by atoms with van der Waals surface area (Å²) >= 11 is 0. The molecule has 1 heterocycles. The Morgan fingerprint density at radius 2 is 0.960 bits per heavy atom. The summed E-state index contributed by atoms with van der Waals surface area (Å²) in [5.41, 5.74) is 0. The molecule has 0 aliphatic carbocycles. The highest BCUT2D eigenvalue weighted by Gasteiger charge is 2.01. The van der Waals surface area contributed by atoms with E-state index in [0.29, 0.717) is 13.0 Å². The van der Waals surface area contributed by atoms with Crippen LogP contribution in [0.1, 0.15) is 109 Å². The van der Waals surface area contributed by atoms with Crippen LogP contribution in [0.2, 0.25) is 0 Å². The molecule has 2 nitrogen and oxygen atoms in total. The van der Waals surface area contributed by atoms with E-state index in [1.807, 2.05) is 0 Å². The van der Waals surface area contributed by atoms with Crippen molar-refractivity contribution in [3.63, 3.8) is 0 Å². The lowest BCUT2D eigenvalue weighted by molar-refractivity contribution is -0.143. The first-order valence-corrected chi connectivity index (χ1v) is 10.9. The number of hydrogen-bond donors (Lipinski definition) is 0. The molecule has 0 bridgehead atoms. The van der Waals surface area contributed by atoms with Crippen molar-refractivity contribution in [2.75, 3.05) is 6.61 Å². The Morgan fingerprint density at radius 3 is 1.56 bits per heavy atom. The summed E-state index contributed by atoms with van der Waals surface area (Å²) in [6, 6.07) is 0. The molecule has 0 saturated heterocycles. The Morgan fingerprint density at radius 1 is 0.520 bits per heavy atom. The minimum absolute atomic E-state index is 0.0224. The highest BCUT2D eigenvalue weighted by Crippen LogP contribution is 2.13. The summed E-state index contributed by atoms with van der Waals surface area (Å²) in [6.45, 7) is 0.533. The van der Waals surface area contributed by atoms with Crippen molar-refractivity contribution in [2.45, 2.75) is 109 Å². The predicted octanol–water partition coefficient (Wildman–Crippen LogP) is 7.29. The summed E-state index contributed by atoms with van der Waals surface area (Å²) in [7, 11) is 0. The van der Waals surface area contributed by atoms with Crippen molar-refractivity contribution in [2.24, 2.45) is 0 Å². The number of carbonyl (C=O) groups is 1. The fraction of sp³-hybridized carbons (Fsp3) is 0.783. The largest absolute Gasteiger partial charge is 0.465 e. The molecule has 0 aromatic heterocycles. The van der Waals surface area contributed by atoms with Gasteiger partial charge in [-0.25, -0.2) is 0 Å². The highest BCUT2D eigenvalue weighted by molar-refractivity contribution is 5.69. The van der Waals surface area contributed by atoms with Crippen LogP contribution in [0.5, 0.6) is 0 Å². The van der Waals surface area contributed by atoms with Gasteiger partial charge in [-0.05, 0) is 38.5 Å². The molecular formula is C23H40O2. The minimum Gasteiger partial charge on any atom is -0.465 e. The van der Waals surface area contributed by atoms with Gasteiger partial charge in [0, 0.05) is 6.42 Å². The van der Waals surface area contributed by atoms with Gasteiger partial charge in [-0.1, -0.05) is 88.5 Å². The fourth-order valence-electron chi connectivity index (χ4n) is 3.28. The molecule has 0 spiro atoms. The second-order valence-electron chi connectivity index (χ2n) is 7.31. The van der Waals surface area contributed by atoms with Crippen LogP contribution >= 0.6 is 0 Å². The first kappa shape index (κ1) is 22.0. The Labute approximate surface area is 156 Å². The second kappa shape index (κ2) is 17.8. The first-order valence-electron chi connectivity index (χ1n) is 10.9. The lowest BCUT2D eigenvalue weighted by Crippen LogP contribution is -2.04. The molecule has 0 aromatic rings. The molecule has 2 heteroatoms. The molecule has 0 aromatic carbocycles. The van der Waals surface area contributed by atoms with E-state index in [9.17, 15) is 4.79 Å². The summed E-state index contributed by atoms with van der Waals surface area (Å²) in [6.07, 6.45) is 29.7. The standard InChI is InChI=1S/C23H40O2/c24-23-21-19-17-15-13-11-9-7-5-3-1-2-4-6-8-10-12-14-16-18-20-22-25-23/h8,10,16,18H,1-7,9,11-15,17,19-22H2/b10-8-,18-16+. The summed E-state index contributed by atoms with van der Waals surface area (Å²) < 4.78 is 5.28. The van der Waals surface area contributed by atoms with E-state index in [4.69, 9.17) is 4.74 Å². The number of carbonyl (C=O) groups excluding carboxylic acids is 1. The number of cyclic esters (lactones) is 1. The van der Waals surface area contributed by atoms with Crippen LogP contribution in [0, 0.1) is 0 Å². The third-order valence-corrected chi connectivity index (χ3v) is 4.88. The number of rotatable bonds is 0. The lowest BCUT2D eigenvalue weighted by atomic mass is 10.0. The maximum Gasteiger partial charge on any atom is 0.305 e. The topological polar surface area (TPSA) is 26.3 Å². The van der Waals surface area contributed by atoms with Gasteiger partial charge in [0.1, 0.15) is 0 Å². The van der Waals surface area contributed by atoms with Crippen LogP contribution in [0.25, 0.3) is 0 Å². The van der Waals surface area contributed by atoms with E-state index in [-0.39, 0.29) is 5.97 Å². The van der Waals surface area contributed by atoms with Crippen molar-refractivity contribution < 1.29 is 9.53 Å². The van der Waals surface area contributed by atoms with Crippen molar-refractivity contribution in [3.05, 3.63) is 24.3 Å². The van der Waals surface area contributed by atoms with Gasteiger partial charge in [0.25, 0.3) is 0 Å². The van der Waals surface area contributed by atoms with Crippen molar-refractivity contribution in [1.29, 1.82) is 0 Å². The maximum absolute atomic E-state index is 11.6. The van der Waals surface area contributed by atoms with Gasteiger partial charge in [0.2, 0.25) is 0 Å². The van der Waals surface area contributed by atoms with Crippen LogP contribution in [0.3, 0.4) is 0 Å². The monoisotopic (exact) mass is 348 g/mol. The number of esters is 1. The van der Waals surface area contributed by atoms with E-state index in [1.165, 1.54) is 77.0 Å². The lowest BCUT2D eigenvalue weighted by Gasteiger charge is -2.04. The molecule has 144 valence electrons. The predicted molar refractivity (Wildman–Crippen MR) is 108 cm³/mol. The summed E-state index contributed by atoms with van der Waals surface area (Å²) in [5, 5.41) is 0. The third-order valence-electron chi connectivity index (χ3n) is 4.88. The number of hydrogen-bond acceptors (Lipinski definition) is 2. The zero-order valence-corrected chi connectivity index (χ0v) is 16.4. The van der Waals surface area contributed by atoms with Crippen LogP contribution in [-0.2, 0) is 9.53 Å². The summed E-state index contributed by atoms with van der Waals surface area (Å²) in [4.78, 5) is 11.6. The first-order chi connectivity index (χ1) is 12.4. The van der Waals surface area contributed by atoms with Crippen LogP contribution in [0.15, 0.2) is 24.3 Å². The number of ether oxygens (including phenoxy) is 1. The molecule has 0 atom stereocenters. The van der Waals surface area contributed by atoms with E-state index in [1.54, 1.807) is 0 Å². The van der Waals surface area contributed by atoms with E-state index >= 15 is 0 Å². The van der Waals surface area contributed by atoms with Crippen LogP contribution in [0.4, 0.5) is 0 Å². The maximum atomic E-state index is 11.6. The van der Waals surface area contributed by atoms with E-state index in [2.05, 4.69) is 24.3 Å². The molecular weight excluding hydrogens is 308 g/mol. The average Bonchev–Trinajstić information content (AvgIpc) is 2.61. The molecule has 1 aliphatic heterocycles. The molecule has 0 N–H and O–H groups in total. The minimum atomic E-state index is -0.0224. The third kappa shape index (κ3) is 16.2. The van der Waals surface area contributed by atoms with Crippen LogP contribution < -0.4 is 0 Å². The number of allylic oxidation sites excluding steroid dienone is 3. The molecule has 25 heavy (non-hydrogen) atoms. The molecule has 0 fully saturated rings. The quantitative estimate of drug-likeness (QED) is 0.339. The fourth-order valence-corrected chi connectivity index (χ4v) is 3.28.